The van der Waals surface area contributed by atoms with Crippen LogP contribution in [0.5, 0.6) is 11.5 Å². The zero-order valence-electron chi connectivity index (χ0n) is 8.54. The normalized spacial score (nSPS) is 9.75. The minimum Gasteiger partial charge on any atom is -0.492 e. The fraction of sp³-hybridized carbons (Fsp3) is 0.200. The molecular weight excluding hydrogens is 255 g/mol. The Labute approximate surface area is 102 Å². The van der Waals surface area contributed by atoms with Crippen molar-refractivity contribution >= 4 is 33.7 Å². The molecule has 16 heavy (non-hydrogen) atoms. The summed E-state index contributed by atoms with van der Waals surface area (Å²) < 4.78 is 9.96. The number of benzene rings is 1. The molecule has 0 unspecified atom stereocenters. The highest BCUT2D eigenvalue weighted by Crippen LogP contribution is 2.36. The topological polar surface area (TPSA) is 52.6 Å². The molecule has 0 atom stereocenters. The van der Waals surface area contributed by atoms with Gasteiger partial charge >= 0.3 is 0 Å². The van der Waals surface area contributed by atoms with Crippen LogP contribution in [0.1, 0.15) is 20.7 Å². The molecule has 0 fully saturated rings. The van der Waals surface area contributed by atoms with E-state index in [-0.39, 0.29) is 22.6 Å². The van der Waals surface area contributed by atoms with Gasteiger partial charge in [0.2, 0.25) is 0 Å². The van der Waals surface area contributed by atoms with Crippen LogP contribution in [-0.4, -0.2) is 24.7 Å². The third kappa shape index (κ3) is 2.28. The third-order valence-corrected chi connectivity index (χ3v) is 2.35. The Bertz CT molecular complexity index is 402. The van der Waals surface area contributed by atoms with Crippen LogP contribution in [0.15, 0.2) is 12.1 Å². The van der Waals surface area contributed by atoms with Crippen molar-refractivity contribution in [3.05, 3.63) is 23.3 Å². The molecule has 1 aromatic carbocycles. The van der Waals surface area contributed by atoms with Gasteiger partial charge in [0.05, 0.1) is 25.3 Å². The highest BCUT2D eigenvalue weighted by Gasteiger charge is 2.21. The molecular formula is C10H8Cl2O4. The van der Waals surface area contributed by atoms with E-state index in [0.29, 0.717) is 0 Å². The van der Waals surface area contributed by atoms with E-state index in [9.17, 15) is 9.59 Å². The number of methoxy groups -OCH3 is 2. The minimum absolute atomic E-state index is 0.0917. The summed E-state index contributed by atoms with van der Waals surface area (Å²) >= 11 is 10.7. The van der Waals surface area contributed by atoms with Crippen LogP contribution in [0.25, 0.3) is 0 Å². The van der Waals surface area contributed by atoms with Gasteiger partial charge in [-0.1, -0.05) is 0 Å². The van der Waals surface area contributed by atoms with E-state index in [1.54, 1.807) is 0 Å². The smallest absolute Gasteiger partial charge is 0.256 e. The number of hydrogen-bond donors (Lipinski definition) is 0. The maximum atomic E-state index is 11.1. The van der Waals surface area contributed by atoms with Gasteiger partial charge in [-0.25, -0.2) is 0 Å². The second-order valence-corrected chi connectivity index (χ2v) is 3.46. The van der Waals surface area contributed by atoms with Crippen LogP contribution in [0.3, 0.4) is 0 Å². The Balaban J connectivity index is 3.52. The molecule has 0 aliphatic carbocycles. The summed E-state index contributed by atoms with van der Waals surface area (Å²) in [6.07, 6.45) is 0. The predicted octanol–water partition coefficient (Wildman–Crippen LogP) is 2.46. The lowest BCUT2D eigenvalue weighted by molar-refractivity contribution is 0.106. The Hall–Kier alpha value is -1.26. The van der Waals surface area contributed by atoms with Crippen molar-refractivity contribution in [1.82, 2.24) is 0 Å². The van der Waals surface area contributed by atoms with Gasteiger partial charge in [0.25, 0.3) is 10.5 Å². The highest BCUT2D eigenvalue weighted by molar-refractivity contribution is 6.69. The highest BCUT2D eigenvalue weighted by atomic mass is 35.5. The minimum atomic E-state index is -0.705. The lowest BCUT2D eigenvalue weighted by atomic mass is 10.1. The Morgan fingerprint density at radius 3 is 1.44 bits per heavy atom. The van der Waals surface area contributed by atoms with Crippen LogP contribution >= 0.6 is 23.2 Å². The number of halogens is 2. The molecule has 0 heterocycles. The predicted molar refractivity (Wildman–Crippen MR) is 59.9 cm³/mol. The van der Waals surface area contributed by atoms with E-state index in [1.165, 1.54) is 26.4 Å². The number of ether oxygens (including phenoxy) is 2. The standard InChI is InChI=1S/C10H8Cl2O4/c1-15-7-5(9(11)13)3-4-6(10(12)14)8(7)16-2/h3-4H,1-2H3. The summed E-state index contributed by atoms with van der Waals surface area (Å²) in [4.78, 5) is 22.2. The van der Waals surface area contributed by atoms with Crippen molar-refractivity contribution in [3.63, 3.8) is 0 Å². The number of carbonyl (C=O) groups excluding carboxylic acids is 2. The summed E-state index contributed by atoms with van der Waals surface area (Å²) in [6.45, 7) is 0. The van der Waals surface area contributed by atoms with Crippen molar-refractivity contribution in [3.8, 4) is 11.5 Å². The van der Waals surface area contributed by atoms with Crippen molar-refractivity contribution in [2.45, 2.75) is 0 Å². The Morgan fingerprint density at radius 2 is 1.25 bits per heavy atom. The fourth-order valence-corrected chi connectivity index (χ4v) is 1.58. The number of rotatable bonds is 4. The molecule has 86 valence electrons. The summed E-state index contributed by atoms with van der Waals surface area (Å²) in [7, 11) is 2.67. The average Bonchev–Trinajstić information content (AvgIpc) is 2.26. The van der Waals surface area contributed by atoms with Crippen LogP contribution in [0.2, 0.25) is 0 Å². The molecule has 0 amide bonds. The first-order chi connectivity index (χ1) is 7.52. The van der Waals surface area contributed by atoms with Gasteiger partial charge in [0.15, 0.2) is 11.5 Å². The molecule has 1 rings (SSSR count). The Kier molecular flexibility index (Phi) is 4.15. The Morgan fingerprint density at radius 1 is 0.938 bits per heavy atom. The zero-order valence-corrected chi connectivity index (χ0v) is 10.1. The van der Waals surface area contributed by atoms with Gasteiger partial charge in [-0.05, 0) is 35.3 Å². The number of hydrogen-bond acceptors (Lipinski definition) is 4. The maximum absolute atomic E-state index is 11.1. The van der Waals surface area contributed by atoms with Gasteiger partial charge in [-0.3, -0.25) is 9.59 Å². The molecule has 0 N–H and O–H groups in total. The molecule has 0 bridgehead atoms. The van der Waals surface area contributed by atoms with Gasteiger partial charge in [-0.15, -0.1) is 0 Å². The molecule has 0 saturated heterocycles. The van der Waals surface area contributed by atoms with Gasteiger partial charge in [0.1, 0.15) is 0 Å². The fourth-order valence-electron chi connectivity index (χ4n) is 1.28. The van der Waals surface area contributed by atoms with E-state index in [1.807, 2.05) is 0 Å². The largest absolute Gasteiger partial charge is 0.492 e. The maximum Gasteiger partial charge on any atom is 0.256 e. The first-order valence-electron chi connectivity index (χ1n) is 4.17. The van der Waals surface area contributed by atoms with Crippen molar-refractivity contribution in [2.75, 3.05) is 14.2 Å². The van der Waals surface area contributed by atoms with E-state index in [0.717, 1.165) is 0 Å². The molecule has 0 aliphatic rings. The molecule has 4 nitrogen and oxygen atoms in total. The van der Waals surface area contributed by atoms with Crippen LogP contribution < -0.4 is 9.47 Å². The van der Waals surface area contributed by atoms with Gasteiger partial charge in [0, 0.05) is 0 Å². The average molecular weight is 263 g/mol. The van der Waals surface area contributed by atoms with Crippen LogP contribution in [-0.2, 0) is 0 Å². The first kappa shape index (κ1) is 12.8. The molecule has 0 radical (unpaired) electrons. The third-order valence-electron chi connectivity index (χ3n) is 1.94. The summed E-state index contributed by atoms with van der Waals surface area (Å²) in [5.74, 6) is 0.183. The quantitative estimate of drug-likeness (QED) is 0.783. The van der Waals surface area contributed by atoms with Gasteiger partial charge in [-0.2, -0.15) is 0 Å². The monoisotopic (exact) mass is 262 g/mol. The SMILES string of the molecule is COc1c(C(=O)Cl)ccc(C(=O)Cl)c1OC. The summed E-state index contributed by atoms with van der Waals surface area (Å²) in [5, 5.41) is -1.41. The van der Waals surface area contributed by atoms with Crippen molar-refractivity contribution in [1.29, 1.82) is 0 Å². The van der Waals surface area contributed by atoms with Crippen molar-refractivity contribution in [2.24, 2.45) is 0 Å². The van der Waals surface area contributed by atoms with E-state index in [4.69, 9.17) is 32.7 Å². The molecule has 0 aliphatic heterocycles. The molecule has 0 spiro atoms. The van der Waals surface area contributed by atoms with Crippen LogP contribution in [0, 0.1) is 0 Å². The van der Waals surface area contributed by atoms with Crippen LogP contribution in [0.4, 0.5) is 0 Å². The van der Waals surface area contributed by atoms with E-state index < -0.39 is 10.5 Å². The van der Waals surface area contributed by atoms with E-state index >= 15 is 0 Å². The molecule has 1 aromatic rings. The second-order valence-electron chi connectivity index (χ2n) is 2.77. The van der Waals surface area contributed by atoms with Crippen molar-refractivity contribution < 1.29 is 19.1 Å². The summed E-state index contributed by atoms with van der Waals surface area (Å²) in [5.41, 5.74) is 0.227. The molecule has 0 aromatic heterocycles. The van der Waals surface area contributed by atoms with E-state index in [2.05, 4.69) is 0 Å². The lowest BCUT2D eigenvalue weighted by Crippen LogP contribution is -2.03. The second kappa shape index (κ2) is 5.18. The number of carbonyl (C=O) groups is 2. The molecule has 6 heteroatoms. The molecule has 0 saturated carbocycles. The van der Waals surface area contributed by atoms with Gasteiger partial charge < -0.3 is 9.47 Å². The first-order valence-corrected chi connectivity index (χ1v) is 4.93. The zero-order chi connectivity index (χ0) is 12.3. The lowest BCUT2D eigenvalue weighted by Gasteiger charge is -2.12. The summed E-state index contributed by atoms with van der Waals surface area (Å²) in [6, 6.07) is 2.71.